The third-order valence-electron chi connectivity index (χ3n) is 5.19. The summed E-state index contributed by atoms with van der Waals surface area (Å²) < 4.78 is 5.53. The molecule has 1 saturated carbocycles. The zero-order valence-corrected chi connectivity index (χ0v) is 14.3. The number of hydrogen-bond donors (Lipinski definition) is 2. The topological polar surface area (TPSA) is 50.4 Å². The molecule has 23 heavy (non-hydrogen) atoms. The number of nitrogens with one attached hydrogen (secondary N) is 2. The maximum atomic E-state index is 12.3. The Labute approximate surface area is 139 Å². The van der Waals surface area contributed by atoms with Crippen molar-refractivity contribution in [3.05, 3.63) is 28.8 Å². The molecule has 126 valence electrons. The number of fused-ring (bicyclic) bond motifs is 1. The second kappa shape index (κ2) is 7.35. The molecule has 0 aromatic heterocycles. The van der Waals surface area contributed by atoms with Crippen LogP contribution in [0.3, 0.4) is 0 Å². The van der Waals surface area contributed by atoms with E-state index in [4.69, 9.17) is 4.74 Å². The summed E-state index contributed by atoms with van der Waals surface area (Å²) in [6.45, 7) is 2.60. The van der Waals surface area contributed by atoms with Gasteiger partial charge in [0, 0.05) is 18.2 Å². The highest BCUT2D eigenvalue weighted by Crippen LogP contribution is 2.29. The van der Waals surface area contributed by atoms with Gasteiger partial charge in [-0.25, -0.2) is 0 Å². The number of aryl methyl sites for hydroxylation is 2. The van der Waals surface area contributed by atoms with Gasteiger partial charge in [-0.05, 0) is 56.2 Å². The van der Waals surface area contributed by atoms with Crippen LogP contribution < -0.4 is 15.4 Å². The van der Waals surface area contributed by atoms with Crippen LogP contribution in [0.4, 0.5) is 0 Å². The minimum Gasteiger partial charge on any atom is -0.496 e. The predicted molar refractivity (Wildman–Crippen MR) is 91.7 cm³/mol. The molecule has 3 rings (SSSR count). The SMILES string of the molecule is COc1cc2c(cc1CN[C@@H](C)C(=O)NC1CCCC1)CCC2. The Morgan fingerprint density at radius 2 is 1.91 bits per heavy atom. The first-order valence-electron chi connectivity index (χ1n) is 8.90. The standard InChI is InChI=1S/C19H28N2O2/c1-13(19(22)21-17-8-3-4-9-17)20-12-16-10-14-6-5-7-15(14)11-18(16)23-2/h10-11,13,17,20H,3-9,12H2,1-2H3,(H,21,22)/t13-/m0/s1. The van der Waals surface area contributed by atoms with E-state index in [0.29, 0.717) is 12.6 Å². The molecule has 0 radical (unpaired) electrons. The number of hydrogen-bond acceptors (Lipinski definition) is 3. The Morgan fingerprint density at radius 1 is 1.22 bits per heavy atom. The Bertz CT molecular complexity index is 565. The van der Waals surface area contributed by atoms with Crippen LogP contribution in [0.25, 0.3) is 0 Å². The van der Waals surface area contributed by atoms with Crippen molar-refractivity contribution in [2.24, 2.45) is 0 Å². The fourth-order valence-corrected chi connectivity index (χ4v) is 3.73. The second-order valence-electron chi connectivity index (χ2n) is 6.88. The van der Waals surface area contributed by atoms with Crippen LogP contribution in [0, 0.1) is 0 Å². The first kappa shape index (κ1) is 16.3. The van der Waals surface area contributed by atoms with Gasteiger partial charge in [-0.15, -0.1) is 0 Å². The number of carbonyl (C=O) groups excluding carboxylic acids is 1. The van der Waals surface area contributed by atoms with E-state index in [-0.39, 0.29) is 11.9 Å². The van der Waals surface area contributed by atoms with Gasteiger partial charge in [0.15, 0.2) is 0 Å². The highest BCUT2D eigenvalue weighted by Gasteiger charge is 2.21. The average Bonchev–Trinajstić information content (AvgIpc) is 3.22. The van der Waals surface area contributed by atoms with Gasteiger partial charge in [0.1, 0.15) is 5.75 Å². The van der Waals surface area contributed by atoms with Gasteiger partial charge in [0.25, 0.3) is 0 Å². The normalized spacial score (nSPS) is 18.7. The van der Waals surface area contributed by atoms with Gasteiger partial charge in [-0.3, -0.25) is 4.79 Å². The molecule has 1 aromatic rings. The molecule has 4 nitrogen and oxygen atoms in total. The Kier molecular flexibility index (Phi) is 5.21. The quantitative estimate of drug-likeness (QED) is 0.848. The van der Waals surface area contributed by atoms with Crippen LogP contribution in [-0.2, 0) is 24.2 Å². The molecule has 2 aliphatic carbocycles. The number of methoxy groups -OCH3 is 1. The zero-order chi connectivity index (χ0) is 16.2. The van der Waals surface area contributed by atoms with Crippen LogP contribution in [0.5, 0.6) is 5.75 Å². The average molecular weight is 316 g/mol. The minimum absolute atomic E-state index is 0.108. The summed E-state index contributed by atoms with van der Waals surface area (Å²) in [4.78, 5) is 12.3. The molecule has 1 aromatic carbocycles. The van der Waals surface area contributed by atoms with Crippen molar-refractivity contribution in [2.45, 2.75) is 70.5 Å². The summed E-state index contributed by atoms with van der Waals surface area (Å²) in [6.07, 6.45) is 8.26. The maximum absolute atomic E-state index is 12.3. The molecule has 1 amide bonds. The molecule has 0 aliphatic heterocycles. The zero-order valence-electron chi connectivity index (χ0n) is 14.3. The summed E-state index contributed by atoms with van der Waals surface area (Å²) in [5.41, 5.74) is 4.00. The van der Waals surface area contributed by atoms with Crippen molar-refractivity contribution < 1.29 is 9.53 Å². The molecule has 0 bridgehead atoms. The van der Waals surface area contributed by atoms with E-state index in [1.165, 1.54) is 30.4 Å². The van der Waals surface area contributed by atoms with E-state index in [9.17, 15) is 4.79 Å². The van der Waals surface area contributed by atoms with Gasteiger partial charge in [-0.2, -0.15) is 0 Å². The highest BCUT2D eigenvalue weighted by molar-refractivity contribution is 5.81. The number of amides is 1. The molecule has 0 spiro atoms. The lowest BCUT2D eigenvalue weighted by atomic mass is 10.0. The molecule has 0 unspecified atom stereocenters. The molecular formula is C19H28N2O2. The van der Waals surface area contributed by atoms with Crippen molar-refractivity contribution in [1.82, 2.24) is 10.6 Å². The predicted octanol–water partition coefficient (Wildman–Crippen LogP) is 2.72. The molecule has 2 aliphatic rings. The van der Waals surface area contributed by atoms with Gasteiger partial charge in [0.2, 0.25) is 5.91 Å². The van der Waals surface area contributed by atoms with Crippen molar-refractivity contribution in [3.63, 3.8) is 0 Å². The van der Waals surface area contributed by atoms with Crippen LogP contribution in [-0.4, -0.2) is 25.1 Å². The van der Waals surface area contributed by atoms with Crippen LogP contribution in [0.15, 0.2) is 12.1 Å². The van der Waals surface area contributed by atoms with Crippen molar-refractivity contribution in [3.8, 4) is 5.75 Å². The number of ether oxygens (including phenoxy) is 1. The second-order valence-corrected chi connectivity index (χ2v) is 6.88. The number of benzene rings is 1. The largest absolute Gasteiger partial charge is 0.496 e. The Morgan fingerprint density at radius 3 is 2.61 bits per heavy atom. The van der Waals surface area contributed by atoms with E-state index in [1.54, 1.807) is 7.11 Å². The van der Waals surface area contributed by atoms with Crippen molar-refractivity contribution in [2.75, 3.05) is 7.11 Å². The van der Waals surface area contributed by atoms with Crippen molar-refractivity contribution in [1.29, 1.82) is 0 Å². The minimum atomic E-state index is -0.187. The monoisotopic (exact) mass is 316 g/mol. The molecular weight excluding hydrogens is 288 g/mol. The molecule has 1 fully saturated rings. The third-order valence-corrected chi connectivity index (χ3v) is 5.19. The maximum Gasteiger partial charge on any atom is 0.237 e. The summed E-state index contributed by atoms with van der Waals surface area (Å²) >= 11 is 0. The van der Waals surface area contributed by atoms with E-state index in [1.807, 2.05) is 6.92 Å². The van der Waals surface area contributed by atoms with E-state index < -0.39 is 0 Å². The lowest BCUT2D eigenvalue weighted by Gasteiger charge is -2.19. The number of carbonyl (C=O) groups is 1. The van der Waals surface area contributed by atoms with E-state index >= 15 is 0 Å². The van der Waals surface area contributed by atoms with Crippen LogP contribution in [0.2, 0.25) is 0 Å². The van der Waals surface area contributed by atoms with Gasteiger partial charge >= 0.3 is 0 Å². The summed E-state index contributed by atoms with van der Waals surface area (Å²) in [5, 5.41) is 6.50. The molecule has 4 heteroatoms. The lowest BCUT2D eigenvalue weighted by Crippen LogP contribution is -2.45. The summed E-state index contributed by atoms with van der Waals surface area (Å²) in [6, 6.07) is 4.60. The molecule has 1 atom stereocenters. The highest BCUT2D eigenvalue weighted by atomic mass is 16.5. The smallest absolute Gasteiger partial charge is 0.237 e. The fraction of sp³-hybridized carbons (Fsp3) is 0.632. The van der Waals surface area contributed by atoms with Gasteiger partial charge in [-0.1, -0.05) is 18.9 Å². The van der Waals surface area contributed by atoms with Crippen LogP contribution >= 0.6 is 0 Å². The number of rotatable bonds is 6. The van der Waals surface area contributed by atoms with Gasteiger partial charge in [0.05, 0.1) is 13.2 Å². The lowest BCUT2D eigenvalue weighted by molar-refractivity contribution is -0.123. The third kappa shape index (κ3) is 3.86. The van der Waals surface area contributed by atoms with Gasteiger partial charge < -0.3 is 15.4 Å². The molecule has 0 heterocycles. The first-order valence-corrected chi connectivity index (χ1v) is 8.90. The van der Waals surface area contributed by atoms with E-state index in [0.717, 1.165) is 37.0 Å². The fourth-order valence-electron chi connectivity index (χ4n) is 3.73. The summed E-state index contributed by atoms with van der Waals surface area (Å²) in [7, 11) is 1.72. The van der Waals surface area contributed by atoms with Crippen LogP contribution in [0.1, 0.15) is 55.7 Å². The Balaban J connectivity index is 1.57. The van der Waals surface area contributed by atoms with Crippen molar-refractivity contribution >= 4 is 5.91 Å². The summed E-state index contributed by atoms with van der Waals surface area (Å²) in [5.74, 6) is 1.04. The molecule has 0 saturated heterocycles. The van der Waals surface area contributed by atoms with E-state index in [2.05, 4.69) is 22.8 Å². The molecule has 2 N–H and O–H groups in total. The Hall–Kier alpha value is -1.55. The first-order chi connectivity index (χ1) is 11.2.